The summed E-state index contributed by atoms with van der Waals surface area (Å²) in [4.78, 5) is 41.7. The Kier molecular flexibility index (Phi) is 10.8. The molecule has 2 aromatic heterocycles. The van der Waals surface area contributed by atoms with E-state index >= 15 is 0 Å². The highest BCUT2D eigenvalue weighted by Gasteiger charge is 2.43. The molecule has 11 heteroatoms. The molecule has 2 fully saturated rings. The van der Waals surface area contributed by atoms with Gasteiger partial charge in [0.05, 0.1) is 39.0 Å². The molecular formula is C38H47N5O6. The van der Waals surface area contributed by atoms with Gasteiger partial charge in [0.25, 0.3) is 5.91 Å². The molecule has 11 nitrogen and oxygen atoms in total. The highest BCUT2D eigenvalue weighted by atomic mass is 16.5. The Labute approximate surface area is 288 Å². The zero-order valence-corrected chi connectivity index (χ0v) is 29.0. The van der Waals surface area contributed by atoms with Crippen molar-refractivity contribution in [3.63, 3.8) is 0 Å². The Balaban J connectivity index is 1.13. The number of rotatable bonds is 14. The highest BCUT2D eigenvalue weighted by molar-refractivity contribution is 5.98. The monoisotopic (exact) mass is 669 g/mol. The van der Waals surface area contributed by atoms with Gasteiger partial charge in [0.1, 0.15) is 0 Å². The second kappa shape index (κ2) is 15.4. The van der Waals surface area contributed by atoms with Crippen LogP contribution in [-0.4, -0.2) is 103 Å². The van der Waals surface area contributed by atoms with E-state index in [0.29, 0.717) is 61.5 Å². The van der Waals surface area contributed by atoms with Gasteiger partial charge in [-0.1, -0.05) is 18.2 Å². The molecule has 1 amide bonds. The van der Waals surface area contributed by atoms with Gasteiger partial charge in [0.2, 0.25) is 11.5 Å². The van der Waals surface area contributed by atoms with Gasteiger partial charge in [-0.3, -0.25) is 14.6 Å². The second-order valence-corrected chi connectivity index (χ2v) is 12.9. The Morgan fingerprint density at radius 3 is 2.33 bits per heavy atom. The number of imidazole rings is 1. The first kappa shape index (κ1) is 34.4. The van der Waals surface area contributed by atoms with Gasteiger partial charge in [-0.15, -0.1) is 0 Å². The van der Waals surface area contributed by atoms with E-state index in [1.54, 1.807) is 33.5 Å². The van der Waals surface area contributed by atoms with Crippen molar-refractivity contribution in [3.8, 4) is 17.2 Å². The SMILES string of the molecule is CCOCCn1c(C(=O)C2CCN(CCC3(c4ccccn4)CCN(C(=O)c4cc(OC)c(OC)c(OC)c4)C3)CC2)nc2ccccc21. The number of benzene rings is 2. The Bertz CT molecular complexity index is 1730. The number of likely N-dealkylation sites (tertiary alicyclic amines) is 2. The lowest BCUT2D eigenvalue weighted by atomic mass is 9.79. The second-order valence-electron chi connectivity index (χ2n) is 12.9. The summed E-state index contributed by atoms with van der Waals surface area (Å²) in [5.41, 5.74) is 3.03. The Morgan fingerprint density at radius 2 is 1.65 bits per heavy atom. The molecule has 0 bridgehead atoms. The number of methoxy groups -OCH3 is 3. The lowest BCUT2D eigenvalue weighted by Crippen LogP contribution is -2.41. The van der Waals surface area contributed by atoms with Gasteiger partial charge < -0.3 is 33.3 Å². The number of ether oxygens (including phenoxy) is 4. The fraction of sp³-hybridized carbons (Fsp3) is 0.474. The fourth-order valence-corrected chi connectivity index (χ4v) is 7.41. The van der Waals surface area contributed by atoms with Crippen LogP contribution in [0, 0.1) is 5.92 Å². The summed E-state index contributed by atoms with van der Waals surface area (Å²) in [6, 6.07) is 17.4. The number of hydrogen-bond donors (Lipinski definition) is 0. The normalized spacial score (nSPS) is 18.6. The summed E-state index contributed by atoms with van der Waals surface area (Å²) in [6.45, 7) is 7.46. The molecule has 2 aliphatic heterocycles. The molecule has 0 N–H and O–H groups in total. The number of carbonyl (C=O) groups is 2. The number of ketones is 1. The third-order valence-corrected chi connectivity index (χ3v) is 10.2. The van der Waals surface area contributed by atoms with Crippen LogP contribution in [0.25, 0.3) is 11.0 Å². The molecule has 0 radical (unpaired) electrons. The lowest BCUT2D eigenvalue weighted by molar-refractivity contribution is 0.0777. The van der Waals surface area contributed by atoms with Crippen molar-refractivity contribution in [2.45, 2.75) is 44.6 Å². The first-order valence-electron chi connectivity index (χ1n) is 17.2. The Morgan fingerprint density at radius 1 is 0.918 bits per heavy atom. The zero-order valence-electron chi connectivity index (χ0n) is 29.0. The van der Waals surface area contributed by atoms with Gasteiger partial charge in [0, 0.05) is 55.0 Å². The van der Waals surface area contributed by atoms with Crippen LogP contribution in [0.4, 0.5) is 0 Å². The molecule has 2 saturated heterocycles. The predicted octanol–water partition coefficient (Wildman–Crippen LogP) is 5.26. The fourth-order valence-electron chi connectivity index (χ4n) is 7.41. The summed E-state index contributed by atoms with van der Waals surface area (Å²) in [6.07, 6.45) is 5.08. The van der Waals surface area contributed by atoms with Gasteiger partial charge in [-0.05, 0) is 88.6 Å². The molecule has 0 spiro atoms. The molecule has 6 rings (SSSR count). The predicted molar refractivity (Wildman–Crippen MR) is 187 cm³/mol. The van der Waals surface area contributed by atoms with Crippen molar-refractivity contribution in [1.29, 1.82) is 0 Å². The first-order chi connectivity index (χ1) is 23.9. The molecular weight excluding hydrogens is 622 g/mol. The summed E-state index contributed by atoms with van der Waals surface area (Å²) < 4.78 is 24.1. The molecule has 0 aliphatic carbocycles. The minimum Gasteiger partial charge on any atom is -0.493 e. The minimum atomic E-state index is -0.282. The summed E-state index contributed by atoms with van der Waals surface area (Å²) in [7, 11) is 4.64. The van der Waals surface area contributed by atoms with Crippen molar-refractivity contribution < 1.29 is 28.5 Å². The number of hydrogen-bond acceptors (Lipinski definition) is 9. The van der Waals surface area contributed by atoms with Crippen molar-refractivity contribution in [3.05, 3.63) is 77.9 Å². The van der Waals surface area contributed by atoms with E-state index in [1.165, 1.54) is 0 Å². The minimum absolute atomic E-state index is 0.0678. The quantitative estimate of drug-likeness (QED) is 0.131. The average Bonchev–Trinajstić information content (AvgIpc) is 3.76. The lowest BCUT2D eigenvalue weighted by Gasteiger charge is -2.35. The molecule has 2 aliphatic rings. The van der Waals surface area contributed by atoms with E-state index in [9.17, 15) is 9.59 Å². The smallest absolute Gasteiger partial charge is 0.254 e. The van der Waals surface area contributed by atoms with Crippen LogP contribution < -0.4 is 14.2 Å². The topological polar surface area (TPSA) is 108 Å². The van der Waals surface area contributed by atoms with Crippen molar-refractivity contribution >= 4 is 22.7 Å². The molecule has 4 heterocycles. The number of carbonyl (C=O) groups excluding carboxylic acids is 2. The van der Waals surface area contributed by atoms with E-state index in [2.05, 4.69) is 11.0 Å². The summed E-state index contributed by atoms with van der Waals surface area (Å²) in [5.74, 6) is 1.86. The maximum Gasteiger partial charge on any atom is 0.254 e. The first-order valence-corrected chi connectivity index (χ1v) is 17.2. The number of nitrogens with zero attached hydrogens (tertiary/aromatic N) is 5. The van der Waals surface area contributed by atoms with Gasteiger partial charge in [-0.25, -0.2) is 4.98 Å². The third kappa shape index (κ3) is 7.14. The molecule has 4 aromatic rings. The van der Waals surface area contributed by atoms with Crippen LogP contribution in [-0.2, 0) is 16.7 Å². The molecule has 1 atom stereocenters. The van der Waals surface area contributed by atoms with E-state index in [1.807, 2.05) is 59.0 Å². The zero-order chi connectivity index (χ0) is 34.4. The number of pyridine rings is 1. The van der Waals surface area contributed by atoms with Crippen LogP contribution in [0.5, 0.6) is 17.2 Å². The standard InChI is InChI=1S/C38H47N5O6/c1-5-49-23-22-43-30-11-7-6-10-29(30)40-36(43)34(44)27-13-18-41(19-14-27)20-15-38(33-12-8-9-17-39-33)16-21-42(26-38)37(45)28-24-31(46-2)35(48-4)32(25-28)47-3/h6-12,17,24-25,27H,5,13-16,18-23,26H2,1-4H3. The van der Waals surface area contributed by atoms with Crippen LogP contribution in [0.15, 0.2) is 60.8 Å². The van der Waals surface area contributed by atoms with Crippen LogP contribution >= 0.6 is 0 Å². The van der Waals surface area contributed by atoms with Crippen LogP contribution in [0.3, 0.4) is 0 Å². The molecule has 2 aromatic carbocycles. The average molecular weight is 670 g/mol. The van der Waals surface area contributed by atoms with Gasteiger partial charge in [-0.2, -0.15) is 0 Å². The van der Waals surface area contributed by atoms with E-state index in [4.69, 9.17) is 28.9 Å². The largest absolute Gasteiger partial charge is 0.493 e. The van der Waals surface area contributed by atoms with E-state index in [0.717, 1.165) is 62.0 Å². The van der Waals surface area contributed by atoms with E-state index in [-0.39, 0.29) is 23.0 Å². The van der Waals surface area contributed by atoms with Crippen molar-refractivity contribution in [2.75, 3.05) is 67.3 Å². The van der Waals surface area contributed by atoms with Gasteiger partial charge in [0.15, 0.2) is 17.3 Å². The molecule has 1 unspecified atom stereocenters. The summed E-state index contributed by atoms with van der Waals surface area (Å²) in [5, 5.41) is 0. The van der Waals surface area contributed by atoms with Crippen molar-refractivity contribution in [1.82, 2.24) is 24.3 Å². The number of aromatic nitrogens is 3. The van der Waals surface area contributed by atoms with Crippen LogP contribution in [0.1, 0.15) is 59.3 Å². The number of piperidine rings is 1. The number of amides is 1. The van der Waals surface area contributed by atoms with E-state index < -0.39 is 0 Å². The molecule has 0 saturated carbocycles. The third-order valence-electron chi connectivity index (χ3n) is 10.2. The highest BCUT2D eigenvalue weighted by Crippen LogP contribution is 2.41. The number of fused-ring (bicyclic) bond motifs is 1. The maximum absolute atomic E-state index is 13.9. The van der Waals surface area contributed by atoms with Crippen LogP contribution in [0.2, 0.25) is 0 Å². The number of para-hydroxylation sites is 2. The molecule has 49 heavy (non-hydrogen) atoms. The molecule has 260 valence electrons. The van der Waals surface area contributed by atoms with Gasteiger partial charge >= 0.3 is 0 Å². The summed E-state index contributed by atoms with van der Waals surface area (Å²) >= 11 is 0. The Hall–Kier alpha value is -4.48. The maximum atomic E-state index is 13.9. The number of Topliss-reactive ketones (excluding diaryl/α,β-unsaturated/α-hetero) is 1. The van der Waals surface area contributed by atoms with Crippen molar-refractivity contribution in [2.24, 2.45) is 5.92 Å².